The SMILES string of the molecule is O=C(CN1CCC(COc2cnccn2)CC1)N1CCCc2ccccc21. The molecule has 6 heteroatoms. The molecule has 1 aromatic carbocycles. The lowest BCUT2D eigenvalue weighted by Crippen LogP contribution is -2.45. The summed E-state index contributed by atoms with van der Waals surface area (Å²) in [6.45, 7) is 3.88. The number of anilines is 1. The van der Waals surface area contributed by atoms with E-state index in [9.17, 15) is 4.79 Å². The molecular formula is C21H26N4O2. The van der Waals surface area contributed by atoms with E-state index in [1.54, 1.807) is 18.6 Å². The first-order chi connectivity index (χ1) is 13.3. The van der Waals surface area contributed by atoms with Crippen molar-refractivity contribution in [2.24, 2.45) is 5.92 Å². The Morgan fingerprint density at radius 2 is 2.00 bits per heavy atom. The summed E-state index contributed by atoms with van der Waals surface area (Å²) in [7, 11) is 0. The molecule has 0 saturated carbocycles. The van der Waals surface area contributed by atoms with E-state index in [1.165, 1.54) is 5.56 Å². The summed E-state index contributed by atoms with van der Waals surface area (Å²) in [6, 6.07) is 8.29. The maximum Gasteiger partial charge on any atom is 0.241 e. The number of piperidine rings is 1. The second kappa shape index (κ2) is 8.48. The Balaban J connectivity index is 1.25. The molecule has 2 aromatic rings. The molecule has 1 fully saturated rings. The Morgan fingerprint density at radius 3 is 2.81 bits per heavy atom. The van der Waals surface area contributed by atoms with Gasteiger partial charge in [0.1, 0.15) is 0 Å². The van der Waals surface area contributed by atoms with Gasteiger partial charge in [-0.25, -0.2) is 4.98 Å². The molecule has 0 unspecified atom stereocenters. The molecule has 1 amide bonds. The molecule has 1 saturated heterocycles. The van der Waals surface area contributed by atoms with Crippen LogP contribution in [0.5, 0.6) is 5.88 Å². The smallest absolute Gasteiger partial charge is 0.241 e. The number of hydrogen-bond acceptors (Lipinski definition) is 5. The van der Waals surface area contributed by atoms with Crippen molar-refractivity contribution in [2.75, 3.05) is 37.7 Å². The second-order valence-corrected chi connectivity index (χ2v) is 7.35. The predicted molar refractivity (Wildman–Crippen MR) is 104 cm³/mol. The van der Waals surface area contributed by atoms with Crippen molar-refractivity contribution in [3.63, 3.8) is 0 Å². The van der Waals surface area contributed by atoms with E-state index in [4.69, 9.17) is 4.74 Å². The zero-order chi connectivity index (χ0) is 18.5. The molecule has 2 aliphatic heterocycles. The highest BCUT2D eigenvalue weighted by Crippen LogP contribution is 2.27. The maximum absolute atomic E-state index is 12.9. The van der Waals surface area contributed by atoms with Crippen molar-refractivity contribution < 1.29 is 9.53 Å². The molecule has 0 bridgehead atoms. The third kappa shape index (κ3) is 4.45. The fraction of sp³-hybridized carbons (Fsp3) is 0.476. The minimum Gasteiger partial charge on any atom is -0.476 e. The molecule has 27 heavy (non-hydrogen) atoms. The average Bonchev–Trinajstić information content (AvgIpc) is 2.73. The van der Waals surface area contributed by atoms with Gasteiger partial charge < -0.3 is 9.64 Å². The van der Waals surface area contributed by atoms with Gasteiger partial charge in [-0.05, 0) is 56.3 Å². The average molecular weight is 366 g/mol. The van der Waals surface area contributed by atoms with Gasteiger partial charge in [-0.2, -0.15) is 0 Å². The summed E-state index contributed by atoms with van der Waals surface area (Å²) in [4.78, 5) is 25.3. The molecule has 0 spiro atoms. The van der Waals surface area contributed by atoms with Crippen LogP contribution in [-0.4, -0.2) is 53.6 Å². The van der Waals surface area contributed by atoms with Crippen molar-refractivity contribution in [3.05, 3.63) is 48.4 Å². The summed E-state index contributed by atoms with van der Waals surface area (Å²) in [5.41, 5.74) is 2.39. The fourth-order valence-corrected chi connectivity index (χ4v) is 3.94. The van der Waals surface area contributed by atoms with Crippen LogP contribution in [0.4, 0.5) is 5.69 Å². The van der Waals surface area contributed by atoms with Gasteiger partial charge in [0.05, 0.1) is 19.3 Å². The number of aromatic nitrogens is 2. The lowest BCUT2D eigenvalue weighted by Gasteiger charge is -2.34. The maximum atomic E-state index is 12.9. The number of para-hydroxylation sites is 1. The minimum atomic E-state index is 0.219. The van der Waals surface area contributed by atoms with E-state index >= 15 is 0 Å². The molecular weight excluding hydrogens is 340 g/mol. The van der Waals surface area contributed by atoms with Crippen LogP contribution in [0.2, 0.25) is 0 Å². The van der Waals surface area contributed by atoms with Gasteiger partial charge in [0.25, 0.3) is 0 Å². The van der Waals surface area contributed by atoms with Crippen LogP contribution in [0.3, 0.4) is 0 Å². The Labute approximate surface area is 160 Å². The topological polar surface area (TPSA) is 58.6 Å². The lowest BCUT2D eigenvalue weighted by atomic mass is 9.97. The lowest BCUT2D eigenvalue weighted by molar-refractivity contribution is -0.120. The van der Waals surface area contributed by atoms with Crippen LogP contribution in [0.1, 0.15) is 24.8 Å². The van der Waals surface area contributed by atoms with E-state index in [-0.39, 0.29) is 5.91 Å². The molecule has 0 N–H and O–H groups in total. The van der Waals surface area contributed by atoms with E-state index in [0.29, 0.717) is 24.9 Å². The van der Waals surface area contributed by atoms with Crippen LogP contribution < -0.4 is 9.64 Å². The standard InChI is InChI=1S/C21H26N4O2/c26-21(25-11-3-5-18-4-1-2-6-19(18)25)15-24-12-7-17(8-13-24)16-27-20-14-22-9-10-23-20/h1-2,4,6,9-10,14,17H,3,5,7-8,11-13,15-16H2. The number of amides is 1. The van der Waals surface area contributed by atoms with Crippen molar-refractivity contribution in [1.82, 2.24) is 14.9 Å². The van der Waals surface area contributed by atoms with Crippen LogP contribution in [0.25, 0.3) is 0 Å². The van der Waals surface area contributed by atoms with Crippen molar-refractivity contribution in [3.8, 4) is 5.88 Å². The molecule has 1 aromatic heterocycles. The van der Waals surface area contributed by atoms with Gasteiger partial charge in [-0.15, -0.1) is 0 Å². The summed E-state index contributed by atoms with van der Waals surface area (Å²) in [5.74, 6) is 1.31. The van der Waals surface area contributed by atoms with E-state index in [0.717, 1.165) is 51.0 Å². The summed E-state index contributed by atoms with van der Waals surface area (Å²) >= 11 is 0. The van der Waals surface area contributed by atoms with Crippen LogP contribution in [0, 0.1) is 5.92 Å². The molecule has 0 aliphatic carbocycles. The normalized spacial score (nSPS) is 18.1. The zero-order valence-electron chi connectivity index (χ0n) is 15.6. The number of fused-ring (bicyclic) bond motifs is 1. The van der Waals surface area contributed by atoms with E-state index in [2.05, 4.69) is 33.1 Å². The Morgan fingerprint density at radius 1 is 1.15 bits per heavy atom. The third-order valence-electron chi connectivity index (χ3n) is 5.48. The Hall–Kier alpha value is -2.47. The molecule has 0 radical (unpaired) electrons. The summed E-state index contributed by atoms with van der Waals surface area (Å²) in [6.07, 6.45) is 9.13. The summed E-state index contributed by atoms with van der Waals surface area (Å²) in [5, 5.41) is 0. The van der Waals surface area contributed by atoms with Crippen molar-refractivity contribution >= 4 is 11.6 Å². The predicted octanol–water partition coefficient (Wildman–Crippen LogP) is 2.55. The molecule has 3 heterocycles. The second-order valence-electron chi connectivity index (χ2n) is 7.35. The highest BCUT2D eigenvalue weighted by molar-refractivity contribution is 5.95. The van der Waals surface area contributed by atoms with Gasteiger partial charge >= 0.3 is 0 Å². The minimum absolute atomic E-state index is 0.219. The van der Waals surface area contributed by atoms with Crippen LogP contribution in [0.15, 0.2) is 42.9 Å². The first kappa shape index (κ1) is 17.9. The largest absolute Gasteiger partial charge is 0.476 e. The number of hydrogen-bond donors (Lipinski definition) is 0. The third-order valence-corrected chi connectivity index (χ3v) is 5.48. The molecule has 0 atom stereocenters. The quantitative estimate of drug-likeness (QED) is 0.814. The van der Waals surface area contributed by atoms with Crippen molar-refractivity contribution in [2.45, 2.75) is 25.7 Å². The van der Waals surface area contributed by atoms with Crippen LogP contribution >= 0.6 is 0 Å². The number of aryl methyl sites for hydroxylation is 1. The number of rotatable bonds is 5. The molecule has 142 valence electrons. The van der Waals surface area contributed by atoms with E-state index < -0.39 is 0 Å². The summed E-state index contributed by atoms with van der Waals surface area (Å²) < 4.78 is 5.73. The molecule has 2 aliphatic rings. The van der Waals surface area contributed by atoms with Gasteiger partial charge in [-0.1, -0.05) is 18.2 Å². The number of ether oxygens (including phenoxy) is 1. The van der Waals surface area contributed by atoms with Gasteiger partial charge in [0.15, 0.2) is 0 Å². The Kier molecular flexibility index (Phi) is 5.63. The van der Waals surface area contributed by atoms with E-state index in [1.807, 2.05) is 11.0 Å². The first-order valence-electron chi connectivity index (χ1n) is 9.79. The Bertz CT molecular complexity index is 760. The molecule has 4 rings (SSSR count). The highest BCUT2D eigenvalue weighted by atomic mass is 16.5. The van der Waals surface area contributed by atoms with Gasteiger partial charge in [0.2, 0.25) is 11.8 Å². The first-order valence-corrected chi connectivity index (χ1v) is 9.79. The van der Waals surface area contributed by atoms with Gasteiger partial charge in [-0.3, -0.25) is 14.7 Å². The number of likely N-dealkylation sites (tertiary alicyclic amines) is 1. The fourth-order valence-electron chi connectivity index (χ4n) is 3.94. The highest BCUT2D eigenvalue weighted by Gasteiger charge is 2.26. The van der Waals surface area contributed by atoms with Crippen molar-refractivity contribution in [1.29, 1.82) is 0 Å². The number of nitrogens with zero attached hydrogens (tertiary/aromatic N) is 4. The number of carbonyl (C=O) groups is 1. The number of carbonyl (C=O) groups excluding carboxylic acids is 1. The van der Waals surface area contributed by atoms with Crippen LogP contribution in [-0.2, 0) is 11.2 Å². The monoisotopic (exact) mass is 366 g/mol. The van der Waals surface area contributed by atoms with Gasteiger partial charge in [0, 0.05) is 24.6 Å². The zero-order valence-corrected chi connectivity index (χ0v) is 15.6. The molecule has 6 nitrogen and oxygen atoms in total. The number of benzene rings is 1.